The summed E-state index contributed by atoms with van der Waals surface area (Å²) in [5.41, 5.74) is 9.71. The molecule has 1 aromatic carbocycles. The average Bonchev–Trinajstić information content (AvgIpc) is 3.00. The molecule has 0 amide bonds. The highest BCUT2D eigenvalue weighted by atomic mass is 32.1. The van der Waals surface area contributed by atoms with Crippen molar-refractivity contribution < 1.29 is 0 Å². The summed E-state index contributed by atoms with van der Waals surface area (Å²) in [6.07, 6.45) is 0. The van der Waals surface area contributed by atoms with Gasteiger partial charge in [-0.3, -0.25) is 0 Å². The topological polar surface area (TPSA) is 67.9 Å². The molecule has 0 spiro atoms. The van der Waals surface area contributed by atoms with Gasteiger partial charge in [0, 0.05) is 24.1 Å². The Morgan fingerprint density at radius 3 is 2.71 bits per heavy atom. The minimum Gasteiger partial charge on any atom is -0.384 e. The van der Waals surface area contributed by atoms with Crippen molar-refractivity contribution in [3.63, 3.8) is 0 Å². The fraction of sp³-hybridized carbons (Fsp3) is 0.133. The summed E-state index contributed by atoms with van der Waals surface area (Å²) in [5, 5.41) is 2.03. The van der Waals surface area contributed by atoms with Crippen molar-refractivity contribution in [1.82, 2.24) is 15.0 Å². The van der Waals surface area contributed by atoms with Crippen LogP contribution in [0.4, 0.5) is 11.6 Å². The fourth-order valence-corrected chi connectivity index (χ4v) is 2.55. The Balaban J connectivity index is 1.90. The Hall–Kier alpha value is -2.47. The molecule has 0 bridgehead atoms. The van der Waals surface area contributed by atoms with E-state index in [-0.39, 0.29) is 0 Å². The Morgan fingerprint density at radius 2 is 2.00 bits per heavy atom. The molecule has 2 aromatic heterocycles. The van der Waals surface area contributed by atoms with E-state index in [0.717, 1.165) is 17.1 Å². The van der Waals surface area contributed by atoms with Crippen LogP contribution in [-0.2, 0) is 6.54 Å². The summed E-state index contributed by atoms with van der Waals surface area (Å²) in [6, 6.07) is 11.6. The minimum absolute atomic E-state index is 0.462. The van der Waals surface area contributed by atoms with Crippen molar-refractivity contribution in [2.24, 2.45) is 0 Å². The molecule has 2 N–H and O–H groups in total. The molecule has 0 saturated heterocycles. The molecule has 0 aliphatic rings. The van der Waals surface area contributed by atoms with Gasteiger partial charge in [-0.15, -0.1) is 11.3 Å². The maximum absolute atomic E-state index is 5.92. The third-order valence-electron chi connectivity index (χ3n) is 3.04. The Labute approximate surface area is 127 Å². The average molecular weight is 297 g/mol. The van der Waals surface area contributed by atoms with Crippen LogP contribution < -0.4 is 10.6 Å². The second-order valence-electron chi connectivity index (χ2n) is 4.68. The van der Waals surface area contributed by atoms with E-state index in [1.165, 1.54) is 0 Å². The van der Waals surface area contributed by atoms with Crippen LogP contribution in [0.1, 0.15) is 5.69 Å². The first kappa shape index (κ1) is 13.5. The smallest absolute Gasteiger partial charge is 0.163 e. The van der Waals surface area contributed by atoms with E-state index in [0.29, 0.717) is 18.2 Å². The lowest BCUT2D eigenvalue weighted by atomic mass is 10.2. The molecule has 106 valence electrons. The SMILES string of the molecule is CN(Cc1cscn1)c1cc(N)nc(-c2ccccc2)n1. The van der Waals surface area contributed by atoms with Gasteiger partial charge in [0.2, 0.25) is 0 Å². The van der Waals surface area contributed by atoms with Crippen LogP contribution in [0.5, 0.6) is 0 Å². The lowest BCUT2D eigenvalue weighted by Gasteiger charge is -2.18. The monoisotopic (exact) mass is 297 g/mol. The number of hydrogen-bond donors (Lipinski definition) is 1. The van der Waals surface area contributed by atoms with Crippen LogP contribution >= 0.6 is 11.3 Å². The van der Waals surface area contributed by atoms with Crippen LogP contribution in [-0.4, -0.2) is 22.0 Å². The number of hydrogen-bond acceptors (Lipinski definition) is 6. The first-order valence-corrected chi connectivity index (χ1v) is 7.45. The lowest BCUT2D eigenvalue weighted by Crippen LogP contribution is -2.18. The highest BCUT2D eigenvalue weighted by Crippen LogP contribution is 2.21. The number of thiazole rings is 1. The van der Waals surface area contributed by atoms with Crippen molar-refractivity contribution in [3.05, 3.63) is 53.0 Å². The molecule has 0 fully saturated rings. The van der Waals surface area contributed by atoms with E-state index in [1.807, 2.05) is 53.2 Å². The maximum atomic E-state index is 5.92. The van der Waals surface area contributed by atoms with Gasteiger partial charge in [0.15, 0.2) is 5.82 Å². The minimum atomic E-state index is 0.462. The predicted octanol–water partition coefficient (Wildman–Crippen LogP) is 2.82. The number of nitrogen functional groups attached to an aromatic ring is 1. The second-order valence-corrected chi connectivity index (χ2v) is 5.40. The van der Waals surface area contributed by atoms with E-state index in [1.54, 1.807) is 17.4 Å². The molecule has 3 rings (SSSR count). The highest BCUT2D eigenvalue weighted by Gasteiger charge is 2.10. The zero-order valence-electron chi connectivity index (χ0n) is 11.6. The van der Waals surface area contributed by atoms with Gasteiger partial charge in [0.05, 0.1) is 17.7 Å². The summed E-state index contributed by atoms with van der Waals surface area (Å²) in [6.45, 7) is 0.689. The lowest BCUT2D eigenvalue weighted by molar-refractivity contribution is 0.871. The van der Waals surface area contributed by atoms with Crippen molar-refractivity contribution in [1.29, 1.82) is 0 Å². The number of aromatic nitrogens is 3. The number of nitrogens with zero attached hydrogens (tertiary/aromatic N) is 4. The summed E-state index contributed by atoms with van der Waals surface area (Å²) < 4.78 is 0. The van der Waals surface area contributed by atoms with Gasteiger partial charge in [-0.05, 0) is 0 Å². The van der Waals surface area contributed by atoms with Gasteiger partial charge in [-0.1, -0.05) is 30.3 Å². The molecule has 0 unspecified atom stereocenters. The number of benzene rings is 1. The first-order chi connectivity index (χ1) is 10.2. The summed E-state index contributed by atoms with van der Waals surface area (Å²) >= 11 is 1.58. The molecule has 0 atom stereocenters. The number of nitrogens with two attached hydrogens (primary N) is 1. The van der Waals surface area contributed by atoms with Crippen molar-refractivity contribution in [2.75, 3.05) is 17.7 Å². The number of anilines is 2. The van der Waals surface area contributed by atoms with Gasteiger partial charge in [0.1, 0.15) is 11.6 Å². The third-order valence-corrected chi connectivity index (χ3v) is 3.67. The van der Waals surface area contributed by atoms with Crippen molar-refractivity contribution in [3.8, 4) is 11.4 Å². The summed E-state index contributed by atoms with van der Waals surface area (Å²) in [7, 11) is 1.97. The fourth-order valence-electron chi connectivity index (χ4n) is 2.00. The molecule has 2 heterocycles. The largest absolute Gasteiger partial charge is 0.384 e. The van der Waals surface area contributed by atoms with E-state index in [2.05, 4.69) is 15.0 Å². The molecule has 0 aliphatic carbocycles. The van der Waals surface area contributed by atoms with Crippen molar-refractivity contribution in [2.45, 2.75) is 6.54 Å². The normalized spacial score (nSPS) is 10.5. The van der Waals surface area contributed by atoms with Crippen LogP contribution in [0, 0.1) is 0 Å². The van der Waals surface area contributed by atoms with Gasteiger partial charge >= 0.3 is 0 Å². The zero-order chi connectivity index (χ0) is 14.7. The maximum Gasteiger partial charge on any atom is 0.163 e. The van der Waals surface area contributed by atoms with Crippen LogP contribution in [0.25, 0.3) is 11.4 Å². The van der Waals surface area contributed by atoms with Crippen LogP contribution in [0.2, 0.25) is 0 Å². The van der Waals surface area contributed by atoms with E-state index in [4.69, 9.17) is 5.73 Å². The summed E-state index contributed by atoms with van der Waals surface area (Å²) in [4.78, 5) is 15.2. The standard InChI is InChI=1S/C15H15N5S/c1-20(8-12-9-21-10-17-12)14-7-13(16)18-15(19-14)11-5-3-2-4-6-11/h2-7,9-10H,8H2,1H3,(H2,16,18,19). The second kappa shape index (κ2) is 5.88. The molecule has 5 nitrogen and oxygen atoms in total. The molecule has 3 aromatic rings. The van der Waals surface area contributed by atoms with Crippen LogP contribution in [0.3, 0.4) is 0 Å². The molecule has 6 heteroatoms. The summed E-state index contributed by atoms with van der Waals surface area (Å²) in [5.74, 6) is 1.88. The Bertz CT molecular complexity index is 712. The Kier molecular flexibility index (Phi) is 3.79. The molecular weight excluding hydrogens is 282 g/mol. The van der Waals surface area contributed by atoms with Crippen molar-refractivity contribution >= 4 is 23.0 Å². The van der Waals surface area contributed by atoms with E-state index in [9.17, 15) is 0 Å². The molecule has 0 radical (unpaired) electrons. The quantitative estimate of drug-likeness (QED) is 0.802. The Morgan fingerprint density at radius 1 is 1.19 bits per heavy atom. The first-order valence-electron chi connectivity index (χ1n) is 6.50. The third kappa shape index (κ3) is 3.17. The number of rotatable bonds is 4. The molecule has 21 heavy (non-hydrogen) atoms. The van der Waals surface area contributed by atoms with Gasteiger partial charge in [-0.2, -0.15) is 0 Å². The molecule has 0 saturated carbocycles. The molecular formula is C15H15N5S. The highest BCUT2D eigenvalue weighted by molar-refractivity contribution is 7.07. The van der Waals surface area contributed by atoms with E-state index >= 15 is 0 Å². The van der Waals surface area contributed by atoms with Gasteiger partial charge in [-0.25, -0.2) is 15.0 Å². The molecule has 0 aliphatic heterocycles. The van der Waals surface area contributed by atoms with E-state index < -0.39 is 0 Å². The zero-order valence-corrected chi connectivity index (χ0v) is 12.4. The predicted molar refractivity (Wildman–Crippen MR) is 86.1 cm³/mol. The van der Waals surface area contributed by atoms with Gasteiger partial charge in [0.25, 0.3) is 0 Å². The van der Waals surface area contributed by atoms with Gasteiger partial charge < -0.3 is 10.6 Å². The van der Waals surface area contributed by atoms with Crippen LogP contribution in [0.15, 0.2) is 47.3 Å².